The fourth-order valence-corrected chi connectivity index (χ4v) is 5.71. The first-order valence-electron chi connectivity index (χ1n) is 12.4. The molecule has 188 valence electrons. The van der Waals surface area contributed by atoms with Crippen molar-refractivity contribution in [3.63, 3.8) is 0 Å². The number of hydrogen-bond acceptors (Lipinski definition) is 3. The lowest BCUT2D eigenvalue weighted by Gasteiger charge is -2.27. The number of ketones is 1. The number of aryl methyl sites for hydroxylation is 3. The van der Waals surface area contributed by atoms with E-state index >= 15 is 0 Å². The van der Waals surface area contributed by atoms with Gasteiger partial charge < -0.3 is 9.47 Å². The molecule has 0 saturated carbocycles. The van der Waals surface area contributed by atoms with Crippen molar-refractivity contribution < 1.29 is 14.3 Å². The number of carbonyl (C=O) groups excluding carboxylic acids is 1. The first kappa shape index (κ1) is 25.7. The number of carbonyl (C=O) groups is 1. The number of hydrogen-bond donors (Lipinski definition) is 0. The van der Waals surface area contributed by atoms with Crippen LogP contribution in [0.25, 0.3) is 0 Å². The van der Waals surface area contributed by atoms with Crippen molar-refractivity contribution in [1.82, 2.24) is 0 Å². The summed E-state index contributed by atoms with van der Waals surface area (Å²) in [5.74, 6) is 1.83. The fraction of sp³-hybridized carbons (Fsp3) is 0.219. The molecule has 2 atom stereocenters. The predicted molar refractivity (Wildman–Crippen MR) is 155 cm³/mol. The molecule has 2 heterocycles. The first-order chi connectivity index (χ1) is 17.9. The van der Waals surface area contributed by atoms with Crippen molar-refractivity contribution in [3.05, 3.63) is 127 Å². The summed E-state index contributed by atoms with van der Waals surface area (Å²) in [6, 6.07) is 28.3. The average molecular weight is 620 g/mol. The Bertz CT molecular complexity index is 1450. The number of halogens is 2. The molecular weight excluding hydrogens is 592 g/mol. The molecule has 0 radical (unpaired) electrons. The van der Waals surface area contributed by atoms with E-state index in [-0.39, 0.29) is 18.0 Å². The number of fused-ring (bicyclic) bond motifs is 2. The van der Waals surface area contributed by atoms with E-state index in [2.05, 4.69) is 75.2 Å². The number of benzene rings is 4. The molecule has 2 unspecified atom stereocenters. The van der Waals surface area contributed by atoms with Crippen molar-refractivity contribution in [3.8, 4) is 11.5 Å². The highest BCUT2D eigenvalue weighted by Gasteiger charge is 2.28. The van der Waals surface area contributed by atoms with Crippen molar-refractivity contribution in [2.24, 2.45) is 0 Å². The number of rotatable bonds is 2. The van der Waals surface area contributed by atoms with Gasteiger partial charge in [0.25, 0.3) is 0 Å². The van der Waals surface area contributed by atoms with Gasteiger partial charge in [0.2, 0.25) is 0 Å². The van der Waals surface area contributed by atoms with Gasteiger partial charge in [0.1, 0.15) is 23.7 Å². The molecular formula is C32H28Br2O3. The van der Waals surface area contributed by atoms with Crippen LogP contribution in [0.15, 0.2) is 93.9 Å². The Morgan fingerprint density at radius 2 is 1.27 bits per heavy atom. The SMILES string of the molecule is Cc1ccccc1C1CC(=O)c2cc(Br)ccc2O1.Cc1ccccc1C1CCc2cc(Br)ccc2O1. The minimum Gasteiger partial charge on any atom is -0.485 e. The second-order valence-electron chi connectivity index (χ2n) is 9.48. The lowest BCUT2D eigenvalue weighted by molar-refractivity contribution is 0.0849. The molecule has 0 spiro atoms. The van der Waals surface area contributed by atoms with Crippen LogP contribution in [0, 0.1) is 13.8 Å². The zero-order valence-electron chi connectivity index (χ0n) is 20.8. The van der Waals surface area contributed by atoms with Crippen LogP contribution in [0.3, 0.4) is 0 Å². The van der Waals surface area contributed by atoms with E-state index in [9.17, 15) is 4.79 Å². The maximum Gasteiger partial charge on any atom is 0.170 e. The maximum absolute atomic E-state index is 12.2. The summed E-state index contributed by atoms with van der Waals surface area (Å²) < 4.78 is 14.1. The van der Waals surface area contributed by atoms with Crippen molar-refractivity contribution >= 4 is 37.6 Å². The monoisotopic (exact) mass is 618 g/mol. The minimum atomic E-state index is -0.178. The highest BCUT2D eigenvalue weighted by molar-refractivity contribution is 9.10. The summed E-state index contributed by atoms with van der Waals surface area (Å²) in [5, 5.41) is 0. The van der Waals surface area contributed by atoms with E-state index in [4.69, 9.17) is 9.47 Å². The van der Waals surface area contributed by atoms with Crippen LogP contribution in [0.4, 0.5) is 0 Å². The van der Waals surface area contributed by atoms with E-state index in [0.717, 1.165) is 38.7 Å². The van der Waals surface area contributed by atoms with Gasteiger partial charge in [0, 0.05) is 8.95 Å². The highest BCUT2D eigenvalue weighted by atomic mass is 79.9. The van der Waals surface area contributed by atoms with Gasteiger partial charge in [-0.05, 0) is 90.9 Å². The Morgan fingerprint density at radius 3 is 1.95 bits per heavy atom. The van der Waals surface area contributed by atoms with Crippen LogP contribution in [0.5, 0.6) is 11.5 Å². The molecule has 4 aromatic carbocycles. The Hall–Kier alpha value is -2.89. The van der Waals surface area contributed by atoms with Gasteiger partial charge in [0.05, 0.1) is 12.0 Å². The van der Waals surface area contributed by atoms with E-state index in [1.165, 1.54) is 16.7 Å². The first-order valence-corrected chi connectivity index (χ1v) is 14.0. The van der Waals surface area contributed by atoms with Gasteiger partial charge in [-0.25, -0.2) is 0 Å². The fourth-order valence-electron chi connectivity index (χ4n) is 4.94. The van der Waals surface area contributed by atoms with Gasteiger partial charge in [0.15, 0.2) is 5.78 Å². The topological polar surface area (TPSA) is 35.5 Å². The van der Waals surface area contributed by atoms with E-state index in [1.54, 1.807) is 0 Å². The summed E-state index contributed by atoms with van der Waals surface area (Å²) in [6.45, 7) is 4.19. The predicted octanol–water partition coefficient (Wildman–Crippen LogP) is 9.29. The average Bonchev–Trinajstić information content (AvgIpc) is 2.90. The Kier molecular flexibility index (Phi) is 7.82. The highest BCUT2D eigenvalue weighted by Crippen LogP contribution is 2.38. The molecule has 0 aliphatic carbocycles. The molecule has 2 aliphatic rings. The molecule has 6 rings (SSSR count). The van der Waals surface area contributed by atoms with Crippen LogP contribution in [-0.4, -0.2) is 5.78 Å². The molecule has 0 amide bonds. The summed E-state index contributed by atoms with van der Waals surface area (Å²) in [4.78, 5) is 12.2. The molecule has 3 nitrogen and oxygen atoms in total. The molecule has 0 fully saturated rings. The van der Waals surface area contributed by atoms with Crippen LogP contribution >= 0.6 is 31.9 Å². The summed E-state index contributed by atoms with van der Waals surface area (Å²) in [6.07, 6.45) is 2.54. The second kappa shape index (κ2) is 11.2. The number of ether oxygens (including phenoxy) is 2. The van der Waals surface area contributed by atoms with Crippen LogP contribution in [-0.2, 0) is 6.42 Å². The van der Waals surface area contributed by atoms with E-state index in [0.29, 0.717) is 17.7 Å². The van der Waals surface area contributed by atoms with Crippen molar-refractivity contribution in [1.29, 1.82) is 0 Å². The molecule has 0 saturated heterocycles. The lowest BCUT2D eigenvalue weighted by Crippen LogP contribution is -2.21. The molecule has 0 bridgehead atoms. The van der Waals surface area contributed by atoms with Crippen LogP contribution in [0.1, 0.15) is 63.2 Å². The molecule has 4 aromatic rings. The van der Waals surface area contributed by atoms with Gasteiger partial charge in [-0.2, -0.15) is 0 Å². The maximum atomic E-state index is 12.2. The third-order valence-electron chi connectivity index (χ3n) is 6.92. The summed E-state index contributed by atoms with van der Waals surface area (Å²) in [7, 11) is 0. The van der Waals surface area contributed by atoms with Crippen LogP contribution < -0.4 is 9.47 Å². The van der Waals surface area contributed by atoms with Gasteiger partial charge >= 0.3 is 0 Å². The lowest BCUT2D eigenvalue weighted by atomic mass is 9.94. The largest absolute Gasteiger partial charge is 0.485 e. The Morgan fingerprint density at radius 1 is 0.703 bits per heavy atom. The van der Waals surface area contributed by atoms with Gasteiger partial charge in [-0.1, -0.05) is 80.4 Å². The number of Topliss-reactive ketones (excluding diaryl/α,β-unsaturated/α-hetero) is 1. The van der Waals surface area contributed by atoms with Crippen molar-refractivity contribution in [2.75, 3.05) is 0 Å². The molecule has 2 aliphatic heterocycles. The standard InChI is InChI=1S/C16H13BrO2.C16H15BrO/c1-10-4-2-3-5-12(10)16-9-14(18)13-8-11(17)6-7-15(13)19-16;1-11-4-2-3-5-14(11)16-8-6-12-10-13(17)7-9-15(12)18-16/h2-8,16H,9H2,1H3;2-5,7,9-10,16H,6,8H2,1H3. The zero-order chi connectivity index (χ0) is 25.9. The normalized spacial score (nSPS) is 17.9. The second-order valence-corrected chi connectivity index (χ2v) is 11.3. The quantitative estimate of drug-likeness (QED) is 0.224. The zero-order valence-corrected chi connectivity index (χ0v) is 24.0. The minimum absolute atomic E-state index is 0.135. The molecule has 0 aromatic heterocycles. The molecule has 0 N–H and O–H groups in total. The smallest absolute Gasteiger partial charge is 0.170 e. The Labute approximate surface area is 235 Å². The third kappa shape index (κ3) is 5.83. The van der Waals surface area contributed by atoms with E-state index < -0.39 is 0 Å². The third-order valence-corrected chi connectivity index (χ3v) is 7.91. The molecule has 37 heavy (non-hydrogen) atoms. The molecule has 5 heteroatoms. The Balaban J connectivity index is 0.000000152. The summed E-state index contributed by atoms with van der Waals surface area (Å²) >= 11 is 6.89. The van der Waals surface area contributed by atoms with Crippen LogP contribution in [0.2, 0.25) is 0 Å². The van der Waals surface area contributed by atoms with E-state index in [1.807, 2.05) is 55.5 Å². The van der Waals surface area contributed by atoms with Crippen molar-refractivity contribution in [2.45, 2.75) is 45.3 Å². The van der Waals surface area contributed by atoms with Gasteiger partial charge in [-0.15, -0.1) is 0 Å². The summed E-state index contributed by atoms with van der Waals surface area (Å²) in [5.41, 5.74) is 6.83. The van der Waals surface area contributed by atoms with Gasteiger partial charge in [-0.3, -0.25) is 4.79 Å².